The molecule has 0 saturated heterocycles. The number of carbonyl (C=O) groups is 2. The fourth-order valence-corrected chi connectivity index (χ4v) is 4.36. The Labute approximate surface area is 200 Å². The van der Waals surface area contributed by atoms with Crippen LogP contribution in [-0.4, -0.2) is 41.2 Å². The molecule has 0 atom stereocenters. The SMILES string of the molecule is Cn1cc(-c2cccc(S(C)(=O)=O)c2)c2cc(C(=O)NCc3ccc(C(=O)NO)cc3)[nH]c2c1=O. The first-order chi connectivity index (χ1) is 16.6. The Kier molecular flexibility index (Phi) is 6.29. The number of pyridine rings is 1. The summed E-state index contributed by atoms with van der Waals surface area (Å²) in [4.78, 5) is 40.0. The second-order valence-electron chi connectivity index (χ2n) is 8.05. The van der Waals surface area contributed by atoms with Gasteiger partial charge < -0.3 is 14.9 Å². The van der Waals surface area contributed by atoms with Gasteiger partial charge in [-0.15, -0.1) is 0 Å². The summed E-state index contributed by atoms with van der Waals surface area (Å²) in [6.07, 6.45) is 2.72. The molecule has 4 rings (SSSR count). The van der Waals surface area contributed by atoms with Gasteiger partial charge in [-0.1, -0.05) is 24.3 Å². The molecule has 0 spiro atoms. The van der Waals surface area contributed by atoms with E-state index in [2.05, 4.69) is 10.3 Å². The third-order valence-corrected chi connectivity index (χ3v) is 6.66. The summed E-state index contributed by atoms with van der Waals surface area (Å²) in [5, 5.41) is 11.9. The second-order valence-corrected chi connectivity index (χ2v) is 10.1. The Morgan fingerprint density at radius 3 is 2.43 bits per heavy atom. The molecule has 0 aliphatic heterocycles. The number of carbonyl (C=O) groups excluding carboxylic acids is 2. The third-order valence-electron chi connectivity index (χ3n) is 5.55. The first-order valence-electron chi connectivity index (χ1n) is 10.4. The molecule has 180 valence electrons. The molecule has 2 aromatic heterocycles. The molecule has 0 bridgehead atoms. The quantitative estimate of drug-likeness (QED) is 0.238. The van der Waals surface area contributed by atoms with Crippen LogP contribution in [-0.2, 0) is 23.4 Å². The van der Waals surface area contributed by atoms with Gasteiger partial charge in [0, 0.05) is 42.6 Å². The van der Waals surface area contributed by atoms with Crippen LogP contribution in [0.5, 0.6) is 0 Å². The summed E-state index contributed by atoms with van der Waals surface area (Å²) in [6.45, 7) is 0.163. The van der Waals surface area contributed by atoms with E-state index in [4.69, 9.17) is 5.21 Å². The van der Waals surface area contributed by atoms with E-state index < -0.39 is 21.7 Å². The highest BCUT2D eigenvalue weighted by molar-refractivity contribution is 7.90. The molecule has 0 unspecified atom stereocenters. The zero-order valence-electron chi connectivity index (χ0n) is 18.8. The highest BCUT2D eigenvalue weighted by Gasteiger charge is 2.17. The monoisotopic (exact) mass is 494 g/mol. The first-order valence-corrected chi connectivity index (χ1v) is 12.3. The van der Waals surface area contributed by atoms with Gasteiger partial charge in [0.1, 0.15) is 11.2 Å². The van der Waals surface area contributed by atoms with Crippen molar-refractivity contribution in [2.24, 2.45) is 7.05 Å². The molecule has 4 N–H and O–H groups in total. The maximum Gasteiger partial charge on any atom is 0.274 e. The number of hydroxylamine groups is 1. The smallest absolute Gasteiger partial charge is 0.274 e. The van der Waals surface area contributed by atoms with Gasteiger partial charge in [0.25, 0.3) is 17.4 Å². The molecule has 10 nitrogen and oxygen atoms in total. The van der Waals surface area contributed by atoms with Crippen molar-refractivity contribution in [3.8, 4) is 11.1 Å². The number of sulfone groups is 1. The fraction of sp³-hybridized carbons (Fsp3) is 0.125. The zero-order chi connectivity index (χ0) is 25.3. The number of nitrogens with zero attached hydrogens (tertiary/aromatic N) is 1. The molecule has 2 heterocycles. The van der Waals surface area contributed by atoms with Crippen molar-refractivity contribution < 1.29 is 23.2 Å². The maximum absolute atomic E-state index is 12.8. The lowest BCUT2D eigenvalue weighted by Gasteiger charge is -2.08. The number of nitrogens with one attached hydrogen (secondary N) is 3. The average Bonchev–Trinajstić information content (AvgIpc) is 3.30. The van der Waals surface area contributed by atoms with Crippen molar-refractivity contribution in [1.29, 1.82) is 0 Å². The summed E-state index contributed by atoms with van der Waals surface area (Å²) < 4.78 is 25.4. The summed E-state index contributed by atoms with van der Waals surface area (Å²) in [6, 6.07) is 14.2. The van der Waals surface area contributed by atoms with Crippen molar-refractivity contribution in [2.45, 2.75) is 11.4 Å². The second kappa shape index (κ2) is 9.20. The molecule has 2 amide bonds. The number of aromatic nitrogens is 2. The molecule has 0 aliphatic rings. The number of amides is 2. The number of hydrogen-bond acceptors (Lipinski definition) is 6. The van der Waals surface area contributed by atoms with Gasteiger partial charge in [-0.2, -0.15) is 0 Å². The van der Waals surface area contributed by atoms with Crippen LogP contribution >= 0.6 is 0 Å². The van der Waals surface area contributed by atoms with Crippen molar-refractivity contribution in [3.63, 3.8) is 0 Å². The van der Waals surface area contributed by atoms with E-state index in [1.807, 2.05) is 0 Å². The van der Waals surface area contributed by atoms with E-state index in [9.17, 15) is 22.8 Å². The molecule has 35 heavy (non-hydrogen) atoms. The fourth-order valence-electron chi connectivity index (χ4n) is 3.70. The lowest BCUT2D eigenvalue weighted by Crippen LogP contribution is -2.23. The molecular formula is C24H22N4O6S. The minimum Gasteiger partial charge on any atom is -0.347 e. The lowest BCUT2D eigenvalue weighted by molar-refractivity contribution is 0.0706. The zero-order valence-corrected chi connectivity index (χ0v) is 19.6. The number of aromatic amines is 1. The van der Waals surface area contributed by atoms with Crippen molar-refractivity contribution >= 4 is 32.6 Å². The van der Waals surface area contributed by atoms with Crippen molar-refractivity contribution in [1.82, 2.24) is 20.3 Å². The maximum atomic E-state index is 12.8. The average molecular weight is 495 g/mol. The van der Waals surface area contributed by atoms with E-state index in [0.29, 0.717) is 16.5 Å². The number of benzene rings is 2. The molecular weight excluding hydrogens is 472 g/mol. The Morgan fingerprint density at radius 1 is 1.06 bits per heavy atom. The summed E-state index contributed by atoms with van der Waals surface area (Å²) >= 11 is 0. The van der Waals surface area contributed by atoms with Gasteiger partial charge in [0.05, 0.1) is 4.90 Å². The normalized spacial score (nSPS) is 11.4. The van der Waals surface area contributed by atoms with Gasteiger partial charge in [-0.3, -0.25) is 19.6 Å². The molecule has 0 aliphatic carbocycles. The number of H-pyrrole nitrogens is 1. The predicted octanol–water partition coefficient (Wildman–Crippen LogP) is 1.99. The molecule has 11 heteroatoms. The van der Waals surface area contributed by atoms with Crippen LogP contribution in [0.15, 0.2) is 70.5 Å². The van der Waals surface area contributed by atoms with Crippen LogP contribution in [0.2, 0.25) is 0 Å². The Morgan fingerprint density at radius 2 is 1.77 bits per heavy atom. The Balaban J connectivity index is 1.65. The molecule has 2 aromatic carbocycles. The third kappa shape index (κ3) is 4.86. The largest absolute Gasteiger partial charge is 0.347 e. The van der Waals surface area contributed by atoms with E-state index in [0.717, 1.165) is 11.8 Å². The summed E-state index contributed by atoms with van der Waals surface area (Å²) in [5.41, 5.74) is 3.78. The van der Waals surface area contributed by atoms with Crippen molar-refractivity contribution in [3.05, 3.63) is 88.0 Å². The summed E-state index contributed by atoms with van der Waals surface area (Å²) in [5.74, 6) is -1.09. The van der Waals surface area contributed by atoms with Crippen LogP contribution in [0.4, 0.5) is 0 Å². The molecule has 0 saturated carbocycles. The number of hydrogen-bond donors (Lipinski definition) is 4. The first kappa shape index (κ1) is 23.9. The topological polar surface area (TPSA) is 150 Å². The van der Waals surface area contributed by atoms with Gasteiger partial charge in [0.2, 0.25) is 0 Å². The highest BCUT2D eigenvalue weighted by Crippen LogP contribution is 2.29. The van der Waals surface area contributed by atoms with Crippen LogP contribution in [0.25, 0.3) is 22.0 Å². The van der Waals surface area contributed by atoms with E-state index in [1.54, 1.807) is 49.1 Å². The van der Waals surface area contributed by atoms with Crippen molar-refractivity contribution in [2.75, 3.05) is 6.26 Å². The van der Waals surface area contributed by atoms with E-state index in [-0.39, 0.29) is 33.8 Å². The Hall–Kier alpha value is -4.22. The Bertz CT molecular complexity index is 1620. The minimum absolute atomic E-state index is 0.146. The van der Waals surface area contributed by atoms with Crippen LogP contribution < -0.4 is 16.4 Å². The van der Waals surface area contributed by atoms with Crippen LogP contribution in [0.3, 0.4) is 0 Å². The van der Waals surface area contributed by atoms with Gasteiger partial charge in [-0.05, 0) is 41.5 Å². The molecule has 4 aromatic rings. The molecule has 0 fully saturated rings. The van der Waals surface area contributed by atoms with Gasteiger partial charge in [-0.25, -0.2) is 13.9 Å². The van der Waals surface area contributed by atoms with Gasteiger partial charge in [0.15, 0.2) is 9.84 Å². The van der Waals surface area contributed by atoms with Crippen LogP contribution in [0, 0.1) is 0 Å². The number of aryl methyl sites for hydroxylation is 1. The van der Waals surface area contributed by atoms with Crippen LogP contribution in [0.1, 0.15) is 26.4 Å². The predicted molar refractivity (Wildman–Crippen MR) is 129 cm³/mol. The highest BCUT2D eigenvalue weighted by atomic mass is 32.2. The lowest BCUT2D eigenvalue weighted by atomic mass is 10.0. The van der Waals surface area contributed by atoms with E-state index in [1.165, 1.54) is 28.8 Å². The number of rotatable bonds is 6. The van der Waals surface area contributed by atoms with Gasteiger partial charge >= 0.3 is 0 Å². The van der Waals surface area contributed by atoms with E-state index >= 15 is 0 Å². The minimum atomic E-state index is -3.43. The summed E-state index contributed by atoms with van der Waals surface area (Å²) in [7, 11) is -1.85. The number of fused-ring (bicyclic) bond motifs is 1. The standard InChI is InChI=1S/C24H22N4O6S/c1-28-13-19(16-4-3-5-17(10-16)35(2,33)34)18-11-20(26-21(18)24(28)31)23(30)25-12-14-6-8-15(9-7-14)22(29)27-32/h3-11,13,26,32H,12H2,1-2H3,(H,25,30)(H,27,29). The molecule has 0 radical (unpaired) electrons.